The summed E-state index contributed by atoms with van der Waals surface area (Å²) in [5, 5.41) is 14.2. The van der Waals surface area contributed by atoms with Crippen molar-refractivity contribution < 1.29 is 60.4 Å². The Hall–Kier alpha value is -3.11. The Balaban J connectivity index is 0.000000402. The largest absolute Gasteiger partial charge is 0.497 e. The number of alkyl halides is 6. The van der Waals surface area contributed by atoms with Crippen LogP contribution in [0.5, 0.6) is 5.75 Å². The molecule has 0 radical (unpaired) electrons. The molecule has 4 rings (SSSR count). The van der Waals surface area contributed by atoms with Gasteiger partial charge >= 0.3 is 24.3 Å². The number of carbonyl (C=O) groups excluding carboxylic acids is 1. The summed E-state index contributed by atoms with van der Waals surface area (Å²) in [6.45, 7) is 10.6. The molecule has 1 aromatic carbocycles. The number of ether oxygens (including phenoxy) is 2. The van der Waals surface area contributed by atoms with Crippen LogP contribution in [0.25, 0.3) is 0 Å². The van der Waals surface area contributed by atoms with Crippen molar-refractivity contribution in [3.8, 4) is 5.75 Å². The van der Waals surface area contributed by atoms with Crippen molar-refractivity contribution in [2.75, 3.05) is 66.6 Å². The van der Waals surface area contributed by atoms with E-state index < -0.39 is 24.3 Å². The maximum absolute atomic E-state index is 13.5. The molecule has 250 valence electrons. The molecule has 3 saturated heterocycles. The van der Waals surface area contributed by atoms with Gasteiger partial charge in [0.25, 0.3) is 0 Å². The fraction of sp³-hybridized carbons (Fsp3) is 0.679. The van der Waals surface area contributed by atoms with Gasteiger partial charge in [-0.05, 0) is 57.0 Å². The lowest BCUT2D eigenvalue weighted by molar-refractivity contribution is -0.193. The SMILES string of the molecule is CCN1CCC2(CN(CCOC)CC23CCN(Cc2ccc(OC)cc2)CC3)C1=O.O=C(O)C(F)(F)F.O=C(O)C(F)(F)F. The minimum Gasteiger partial charge on any atom is -0.497 e. The molecular weight excluding hydrogens is 604 g/mol. The lowest BCUT2D eigenvalue weighted by Crippen LogP contribution is -2.52. The summed E-state index contributed by atoms with van der Waals surface area (Å²) in [7, 11) is 3.47. The number of rotatable bonds is 7. The number of piperidine rings is 1. The van der Waals surface area contributed by atoms with E-state index in [2.05, 4.69) is 33.8 Å². The lowest BCUT2D eigenvalue weighted by Gasteiger charge is -2.47. The van der Waals surface area contributed by atoms with E-state index in [1.807, 2.05) is 12.1 Å². The maximum atomic E-state index is 13.5. The Morgan fingerprint density at radius 2 is 1.39 bits per heavy atom. The first-order valence-corrected chi connectivity index (χ1v) is 13.9. The summed E-state index contributed by atoms with van der Waals surface area (Å²) in [6, 6.07) is 8.40. The molecule has 44 heavy (non-hydrogen) atoms. The first kappa shape index (κ1) is 37.1. The average Bonchev–Trinajstić information content (AvgIpc) is 3.45. The van der Waals surface area contributed by atoms with Gasteiger partial charge in [0.2, 0.25) is 5.91 Å². The van der Waals surface area contributed by atoms with Gasteiger partial charge in [-0.25, -0.2) is 9.59 Å². The summed E-state index contributed by atoms with van der Waals surface area (Å²) in [4.78, 5) is 38.5. The number of likely N-dealkylation sites (tertiary alicyclic amines) is 3. The van der Waals surface area contributed by atoms with E-state index in [9.17, 15) is 31.1 Å². The van der Waals surface area contributed by atoms with Gasteiger partial charge in [0.1, 0.15) is 5.75 Å². The van der Waals surface area contributed by atoms with Crippen LogP contribution in [0.2, 0.25) is 0 Å². The Kier molecular flexibility index (Phi) is 12.9. The van der Waals surface area contributed by atoms with Crippen molar-refractivity contribution in [3.63, 3.8) is 0 Å². The number of benzene rings is 1. The highest BCUT2D eigenvalue weighted by atomic mass is 19.4. The molecule has 1 atom stereocenters. The zero-order valence-electron chi connectivity index (χ0n) is 24.8. The van der Waals surface area contributed by atoms with Crippen LogP contribution in [-0.4, -0.2) is 122 Å². The number of hydrogen-bond acceptors (Lipinski definition) is 7. The van der Waals surface area contributed by atoms with Gasteiger partial charge < -0.3 is 24.6 Å². The Labute approximate surface area is 251 Å². The van der Waals surface area contributed by atoms with Crippen LogP contribution in [-0.2, 0) is 25.7 Å². The van der Waals surface area contributed by atoms with E-state index in [-0.39, 0.29) is 10.8 Å². The van der Waals surface area contributed by atoms with Gasteiger partial charge in [-0.1, -0.05) is 12.1 Å². The second-order valence-electron chi connectivity index (χ2n) is 10.9. The molecule has 16 heteroatoms. The molecule has 1 aromatic rings. The maximum Gasteiger partial charge on any atom is 0.490 e. The second kappa shape index (κ2) is 15.3. The summed E-state index contributed by atoms with van der Waals surface area (Å²) < 4.78 is 74.1. The molecule has 3 fully saturated rings. The molecule has 0 aliphatic carbocycles. The highest BCUT2D eigenvalue weighted by Gasteiger charge is 2.64. The van der Waals surface area contributed by atoms with Crippen LogP contribution in [0, 0.1) is 10.8 Å². The zero-order valence-corrected chi connectivity index (χ0v) is 24.8. The van der Waals surface area contributed by atoms with Crippen molar-refractivity contribution >= 4 is 17.8 Å². The van der Waals surface area contributed by atoms with E-state index in [1.54, 1.807) is 14.2 Å². The van der Waals surface area contributed by atoms with E-state index >= 15 is 0 Å². The molecule has 1 unspecified atom stereocenters. The number of halogens is 6. The van der Waals surface area contributed by atoms with Crippen molar-refractivity contribution in [1.82, 2.24) is 14.7 Å². The monoisotopic (exact) mass is 643 g/mol. The fourth-order valence-corrected chi connectivity index (χ4v) is 6.11. The number of amides is 1. The number of carboxylic acids is 2. The quantitative estimate of drug-likeness (QED) is 0.429. The van der Waals surface area contributed by atoms with Crippen molar-refractivity contribution in [3.05, 3.63) is 29.8 Å². The molecule has 2 N–H and O–H groups in total. The summed E-state index contributed by atoms with van der Waals surface area (Å²) in [5.74, 6) is -4.20. The van der Waals surface area contributed by atoms with Crippen LogP contribution in [0.15, 0.2) is 24.3 Å². The number of methoxy groups -OCH3 is 2. The van der Waals surface area contributed by atoms with Gasteiger partial charge in [-0.15, -0.1) is 0 Å². The smallest absolute Gasteiger partial charge is 0.490 e. The summed E-state index contributed by atoms with van der Waals surface area (Å²) in [5.41, 5.74) is 1.24. The van der Waals surface area contributed by atoms with Crippen LogP contribution in [0.4, 0.5) is 26.3 Å². The third kappa shape index (κ3) is 9.20. The molecule has 0 saturated carbocycles. The molecule has 1 amide bonds. The number of nitrogens with zero attached hydrogens (tertiary/aromatic N) is 3. The van der Waals surface area contributed by atoms with E-state index in [0.29, 0.717) is 5.91 Å². The van der Waals surface area contributed by atoms with E-state index in [4.69, 9.17) is 29.3 Å². The number of carboxylic acid groups (broad SMARTS) is 2. The fourth-order valence-electron chi connectivity index (χ4n) is 6.11. The average molecular weight is 644 g/mol. The molecule has 0 bridgehead atoms. The standard InChI is InChI=1S/C24H37N3O3.2C2HF3O2/c1-4-27-14-11-24(22(27)28)19-26(15-16-29-2)18-23(24)9-12-25(13-10-23)17-20-5-7-21(30-3)8-6-20;2*3-2(4,5)1(6)7/h5-8H,4,9-19H2,1-3H3;2*(H,6,7). The Morgan fingerprint density at radius 3 is 1.80 bits per heavy atom. The molecule has 3 aliphatic heterocycles. The molecule has 3 heterocycles. The van der Waals surface area contributed by atoms with Gasteiger partial charge in [0.05, 0.1) is 19.1 Å². The number of aliphatic carboxylic acids is 2. The minimum absolute atomic E-state index is 0.109. The Morgan fingerprint density at radius 1 is 0.864 bits per heavy atom. The first-order chi connectivity index (χ1) is 20.4. The van der Waals surface area contributed by atoms with E-state index in [0.717, 1.165) is 84.0 Å². The molecule has 10 nitrogen and oxygen atoms in total. The van der Waals surface area contributed by atoms with Gasteiger partial charge in [0, 0.05) is 51.8 Å². The van der Waals surface area contributed by atoms with Crippen molar-refractivity contribution in [2.24, 2.45) is 10.8 Å². The van der Waals surface area contributed by atoms with Crippen molar-refractivity contribution in [2.45, 2.75) is 45.1 Å². The molecular formula is C28H39F6N3O7. The van der Waals surface area contributed by atoms with Crippen molar-refractivity contribution in [1.29, 1.82) is 0 Å². The summed E-state index contributed by atoms with van der Waals surface area (Å²) >= 11 is 0. The molecule has 3 aliphatic rings. The topological polar surface area (TPSA) is 120 Å². The van der Waals surface area contributed by atoms with Gasteiger partial charge in [-0.3, -0.25) is 14.6 Å². The van der Waals surface area contributed by atoms with Crippen LogP contribution in [0.3, 0.4) is 0 Å². The normalized spacial score (nSPS) is 21.9. The number of fused-ring (bicyclic) bond motifs is 1. The van der Waals surface area contributed by atoms with Crippen LogP contribution < -0.4 is 4.74 Å². The lowest BCUT2D eigenvalue weighted by atomic mass is 9.60. The molecule has 0 aromatic heterocycles. The minimum atomic E-state index is -5.08. The van der Waals surface area contributed by atoms with Gasteiger partial charge in [0.15, 0.2) is 0 Å². The van der Waals surface area contributed by atoms with Crippen LogP contribution >= 0.6 is 0 Å². The predicted octanol–water partition coefficient (Wildman–Crippen LogP) is 3.74. The third-order valence-electron chi connectivity index (χ3n) is 8.40. The first-order valence-electron chi connectivity index (χ1n) is 13.9. The number of hydrogen-bond donors (Lipinski definition) is 2. The number of carbonyl (C=O) groups is 3. The zero-order chi connectivity index (χ0) is 33.3. The highest BCUT2D eigenvalue weighted by molar-refractivity contribution is 5.86. The Bertz CT molecular complexity index is 1080. The predicted molar refractivity (Wildman–Crippen MR) is 145 cm³/mol. The van der Waals surface area contributed by atoms with Crippen LogP contribution in [0.1, 0.15) is 31.7 Å². The molecule has 2 spiro atoms. The highest BCUT2D eigenvalue weighted by Crippen LogP contribution is 2.57. The third-order valence-corrected chi connectivity index (χ3v) is 8.40. The summed E-state index contributed by atoms with van der Waals surface area (Å²) in [6.07, 6.45) is -6.94. The van der Waals surface area contributed by atoms with Gasteiger partial charge in [-0.2, -0.15) is 26.3 Å². The second-order valence-corrected chi connectivity index (χ2v) is 10.9. The van der Waals surface area contributed by atoms with E-state index in [1.165, 1.54) is 5.56 Å².